The SMILES string of the molecule is CCCN(CC1CCCCN1)C(=O)c1c(O)cccc1F. The monoisotopic (exact) mass is 294 g/mol. The standard InChI is InChI=1S/C16H23FN2O2/c1-2-10-19(11-12-6-3-4-9-18-12)16(21)15-13(17)7-5-8-14(15)20/h5,7-8,12,18,20H,2-4,6,9-11H2,1H3. The minimum absolute atomic E-state index is 0.221. The van der Waals surface area contributed by atoms with Gasteiger partial charge in [-0.3, -0.25) is 4.79 Å². The van der Waals surface area contributed by atoms with Crippen LogP contribution in [0.15, 0.2) is 18.2 Å². The van der Waals surface area contributed by atoms with Crippen molar-refractivity contribution >= 4 is 5.91 Å². The second-order valence-corrected chi connectivity index (χ2v) is 5.53. The lowest BCUT2D eigenvalue weighted by molar-refractivity contribution is 0.0723. The van der Waals surface area contributed by atoms with Crippen molar-refractivity contribution in [2.75, 3.05) is 19.6 Å². The number of hydrogen-bond acceptors (Lipinski definition) is 3. The molecule has 1 amide bonds. The van der Waals surface area contributed by atoms with Gasteiger partial charge in [-0.2, -0.15) is 0 Å². The fraction of sp³-hybridized carbons (Fsp3) is 0.562. The number of benzene rings is 1. The minimum Gasteiger partial charge on any atom is -0.507 e. The van der Waals surface area contributed by atoms with Gasteiger partial charge in [0.2, 0.25) is 0 Å². The first-order valence-electron chi connectivity index (χ1n) is 7.63. The van der Waals surface area contributed by atoms with Crippen LogP contribution >= 0.6 is 0 Å². The van der Waals surface area contributed by atoms with Crippen LogP contribution in [0.2, 0.25) is 0 Å². The number of piperidine rings is 1. The van der Waals surface area contributed by atoms with Gasteiger partial charge in [-0.15, -0.1) is 0 Å². The zero-order chi connectivity index (χ0) is 15.2. The topological polar surface area (TPSA) is 52.6 Å². The van der Waals surface area contributed by atoms with Gasteiger partial charge in [0.25, 0.3) is 5.91 Å². The summed E-state index contributed by atoms with van der Waals surface area (Å²) < 4.78 is 13.9. The molecule has 1 aromatic rings. The summed E-state index contributed by atoms with van der Waals surface area (Å²) in [7, 11) is 0. The highest BCUT2D eigenvalue weighted by Gasteiger charge is 2.25. The molecular weight excluding hydrogens is 271 g/mol. The van der Waals surface area contributed by atoms with Crippen LogP contribution in [0.5, 0.6) is 5.75 Å². The Morgan fingerprint density at radius 3 is 2.90 bits per heavy atom. The molecule has 1 aliphatic heterocycles. The number of aromatic hydroxyl groups is 1. The highest BCUT2D eigenvalue weighted by atomic mass is 19.1. The maximum atomic E-state index is 13.9. The third-order valence-electron chi connectivity index (χ3n) is 3.84. The molecule has 5 heteroatoms. The number of phenolic OH excluding ortho intramolecular Hbond substituents is 1. The molecule has 0 spiro atoms. The van der Waals surface area contributed by atoms with Crippen LogP contribution < -0.4 is 5.32 Å². The Morgan fingerprint density at radius 2 is 2.29 bits per heavy atom. The number of phenols is 1. The summed E-state index contributed by atoms with van der Waals surface area (Å²) in [5.74, 6) is -1.39. The Kier molecular flexibility index (Phi) is 5.56. The van der Waals surface area contributed by atoms with Gasteiger partial charge in [-0.05, 0) is 37.9 Å². The molecule has 116 valence electrons. The zero-order valence-electron chi connectivity index (χ0n) is 12.4. The number of hydrogen-bond donors (Lipinski definition) is 2. The Balaban J connectivity index is 2.14. The molecule has 1 aliphatic rings. The largest absolute Gasteiger partial charge is 0.507 e. The lowest BCUT2D eigenvalue weighted by atomic mass is 10.0. The van der Waals surface area contributed by atoms with Crippen molar-refractivity contribution in [3.8, 4) is 5.75 Å². The van der Waals surface area contributed by atoms with Crippen molar-refractivity contribution < 1.29 is 14.3 Å². The summed E-state index contributed by atoms with van der Waals surface area (Å²) in [5.41, 5.74) is -0.221. The van der Waals surface area contributed by atoms with Crippen LogP contribution in [0, 0.1) is 5.82 Å². The lowest BCUT2D eigenvalue weighted by Crippen LogP contribution is -2.46. The molecule has 2 N–H and O–H groups in total. The number of amides is 1. The summed E-state index contributed by atoms with van der Waals surface area (Å²) in [6.45, 7) is 4.06. The summed E-state index contributed by atoms with van der Waals surface area (Å²) in [5, 5.41) is 13.2. The van der Waals surface area contributed by atoms with Gasteiger partial charge in [-0.1, -0.05) is 19.4 Å². The summed E-state index contributed by atoms with van der Waals surface area (Å²) in [4.78, 5) is 14.2. The van der Waals surface area contributed by atoms with Crippen LogP contribution in [-0.2, 0) is 0 Å². The van der Waals surface area contributed by atoms with Crippen LogP contribution in [0.3, 0.4) is 0 Å². The molecular formula is C16H23FN2O2. The van der Waals surface area contributed by atoms with Crippen molar-refractivity contribution in [2.24, 2.45) is 0 Å². The first-order chi connectivity index (χ1) is 10.1. The zero-order valence-corrected chi connectivity index (χ0v) is 12.4. The fourth-order valence-electron chi connectivity index (χ4n) is 2.77. The Labute approximate surface area is 125 Å². The highest BCUT2D eigenvalue weighted by molar-refractivity contribution is 5.97. The minimum atomic E-state index is -0.669. The van der Waals surface area contributed by atoms with Gasteiger partial charge in [0.15, 0.2) is 0 Å². The Morgan fingerprint density at radius 1 is 1.48 bits per heavy atom. The molecule has 1 aromatic carbocycles. The van der Waals surface area contributed by atoms with E-state index in [0.717, 1.165) is 32.2 Å². The van der Waals surface area contributed by atoms with E-state index in [1.807, 2.05) is 6.92 Å². The number of carbonyl (C=O) groups excluding carboxylic acids is 1. The van der Waals surface area contributed by atoms with Crippen LogP contribution in [0.4, 0.5) is 4.39 Å². The van der Waals surface area contributed by atoms with E-state index >= 15 is 0 Å². The third-order valence-corrected chi connectivity index (χ3v) is 3.84. The quantitative estimate of drug-likeness (QED) is 0.877. The Hall–Kier alpha value is -1.62. The number of nitrogens with one attached hydrogen (secondary N) is 1. The summed E-state index contributed by atoms with van der Waals surface area (Å²) in [6, 6.07) is 4.20. The van der Waals surface area contributed by atoms with Gasteiger partial charge in [0.1, 0.15) is 17.1 Å². The summed E-state index contributed by atoms with van der Waals surface area (Å²) in [6.07, 6.45) is 4.13. The number of rotatable bonds is 5. The van der Waals surface area contributed by atoms with Crippen LogP contribution in [-0.4, -0.2) is 41.6 Å². The van der Waals surface area contributed by atoms with E-state index < -0.39 is 11.7 Å². The average molecular weight is 294 g/mol. The summed E-state index contributed by atoms with van der Waals surface area (Å²) >= 11 is 0. The van der Waals surface area contributed by atoms with Gasteiger partial charge in [0.05, 0.1) is 0 Å². The van der Waals surface area contributed by atoms with E-state index in [0.29, 0.717) is 13.1 Å². The van der Waals surface area contributed by atoms with Crippen molar-refractivity contribution in [3.05, 3.63) is 29.6 Å². The van der Waals surface area contributed by atoms with Gasteiger partial charge < -0.3 is 15.3 Å². The molecule has 1 fully saturated rings. The first-order valence-corrected chi connectivity index (χ1v) is 7.63. The van der Waals surface area contributed by atoms with Crippen LogP contribution in [0.1, 0.15) is 43.0 Å². The van der Waals surface area contributed by atoms with E-state index in [4.69, 9.17) is 0 Å². The maximum absolute atomic E-state index is 13.9. The second kappa shape index (κ2) is 7.41. The number of carbonyl (C=O) groups is 1. The third kappa shape index (κ3) is 3.94. The number of halogens is 1. The molecule has 1 heterocycles. The van der Waals surface area contributed by atoms with Gasteiger partial charge in [-0.25, -0.2) is 4.39 Å². The van der Waals surface area contributed by atoms with Crippen molar-refractivity contribution in [1.82, 2.24) is 10.2 Å². The molecule has 0 radical (unpaired) electrons. The Bertz CT molecular complexity index is 467. The van der Waals surface area contributed by atoms with E-state index in [9.17, 15) is 14.3 Å². The van der Waals surface area contributed by atoms with E-state index in [1.165, 1.54) is 18.2 Å². The van der Waals surface area contributed by atoms with Crippen molar-refractivity contribution in [1.29, 1.82) is 0 Å². The molecule has 0 saturated carbocycles. The van der Waals surface area contributed by atoms with Crippen molar-refractivity contribution in [2.45, 2.75) is 38.6 Å². The molecule has 1 saturated heterocycles. The predicted octanol–water partition coefficient (Wildman–Crippen LogP) is 2.53. The van der Waals surface area contributed by atoms with E-state index in [-0.39, 0.29) is 17.4 Å². The smallest absolute Gasteiger partial charge is 0.260 e. The van der Waals surface area contributed by atoms with E-state index in [1.54, 1.807) is 4.90 Å². The van der Waals surface area contributed by atoms with Crippen molar-refractivity contribution in [3.63, 3.8) is 0 Å². The fourth-order valence-corrected chi connectivity index (χ4v) is 2.77. The molecule has 21 heavy (non-hydrogen) atoms. The van der Waals surface area contributed by atoms with Gasteiger partial charge in [0, 0.05) is 19.1 Å². The molecule has 0 aromatic heterocycles. The molecule has 2 rings (SSSR count). The molecule has 0 aliphatic carbocycles. The second-order valence-electron chi connectivity index (χ2n) is 5.53. The molecule has 0 bridgehead atoms. The normalized spacial score (nSPS) is 18.5. The molecule has 4 nitrogen and oxygen atoms in total. The van der Waals surface area contributed by atoms with Gasteiger partial charge >= 0.3 is 0 Å². The van der Waals surface area contributed by atoms with Crippen LogP contribution in [0.25, 0.3) is 0 Å². The average Bonchev–Trinajstić information content (AvgIpc) is 2.47. The molecule has 1 unspecified atom stereocenters. The predicted molar refractivity (Wildman–Crippen MR) is 79.9 cm³/mol. The molecule has 1 atom stereocenters. The van der Waals surface area contributed by atoms with E-state index in [2.05, 4.69) is 5.32 Å². The number of nitrogens with zero attached hydrogens (tertiary/aromatic N) is 1. The first kappa shape index (κ1) is 15.8. The maximum Gasteiger partial charge on any atom is 0.260 e. The lowest BCUT2D eigenvalue weighted by Gasteiger charge is -2.30. The highest BCUT2D eigenvalue weighted by Crippen LogP contribution is 2.22.